The van der Waals surface area contributed by atoms with Crippen molar-refractivity contribution in [3.8, 4) is 0 Å². The molecular weight excluding hydrogens is 646 g/mol. The Kier molecular flexibility index (Phi) is 17.2. The molecule has 12 nitrogen and oxygen atoms in total. The molecular formula is C24H47GeO12P3. The van der Waals surface area contributed by atoms with E-state index in [0.29, 0.717) is 4.40 Å². The van der Waals surface area contributed by atoms with Crippen molar-refractivity contribution in [1.82, 2.24) is 0 Å². The summed E-state index contributed by atoms with van der Waals surface area (Å²) in [6, 6.07) is 8.68. The third-order valence-electron chi connectivity index (χ3n) is 5.29. The molecule has 0 aliphatic heterocycles. The van der Waals surface area contributed by atoms with Crippen LogP contribution in [0.25, 0.3) is 0 Å². The van der Waals surface area contributed by atoms with E-state index in [9.17, 15) is 13.7 Å². The van der Waals surface area contributed by atoms with Crippen LogP contribution < -0.4 is 4.40 Å². The molecule has 234 valence electrons. The number of hydrogen-bond acceptors (Lipinski definition) is 12. The molecule has 3 unspecified atom stereocenters. The maximum atomic E-state index is 13.7. The van der Waals surface area contributed by atoms with E-state index in [2.05, 4.69) is 0 Å². The molecule has 0 saturated carbocycles. The zero-order valence-electron chi connectivity index (χ0n) is 25.1. The van der Waals surface area contributed by atoms with Crippen LogP contribution in [-0.4, -0.2) is 71.5 Å². The van der Waals surface area contributed by atoms with E-state index >= 15 is 0 Å². The summed E-state index contributed by atoms with van der Waals surface area (Å²) < 4.78 is 94.4. The molecule has 0 spiro atoms. The third-order valence-corrected chi connectivity index (χ3v) is 19.6. The van der Waals surface area contributed by atoms with Gasteiger partial charge in [0.15, 0.2) is 0 Å². The fourth-order valence-electron chi connectivity index (χ4n) is 3.62. The van der Waals surface area contributed by atoms with Gasteiger partial charge in [0.25, 0.3) is 0 Å². The molecule has 0 aliphatic rings. The molecule has 0 fully saturated rings. The van der Waals surface area contributed by atoms with E-state index < -0.39 is 54.6 Å². The van der Waals surface area contributed by atoms with Crippen LogP contribution in [0.3, 0.4) is 0 Å². The zero-order valence-corrected chi connectivity index (χ0v) is 29.9. The van der Waals surface area contributed by atoms with Gasteiger partial charge in [-0.3, -0.25) is 0 Å². The molecule has 0 radical (unpaired) electrons. The summed E-state index contributed by atoms with van der Waals surface area (Å²) in [5.74, 6) is -3.57. The minimum atomic E-state index is -5.09. The van der Waals surface area contributed by atoms with Crippen LogP contribution >= 0.6 is 22.8 Å². The zero-order chi connectivity index (χ0) is 30.5. The average Bonchev–Trinajstić information content (AvgIpc) is 2.89. The van der Waals surface area contributed by atoms with Crippen molar-refractivity contribution in [3.63, 3.8) is 0 Å². The third kappa shape index (κ3) is 10.4. The summed E-state index contributed by atoms with van der Waals surface area (Å²) in [6.45, 7) is 15.2. The summed E-state index contributed by atoms with van der Waals surface area (Å²) in [6.07, 6.45) is 0. The van der Waals surface area contributed by atoms with Crippen LogP contribution in [-0.2, 0) is 52.1 Å². The molecule has 0 N–H and O–H groups in total. The standard InChI is InChI=1S/C24H47GeO12P3/c1-10-29-38(26,30-11-2)21(7)35-25(24-19-17-16-18-20-24,36-22(8)39(27,31-12-3)32-13-4)37-23(9)40(28,33-14-5)34-15-6/h16-23H,10-15H2,1-9H3. The predicted octanol–water partition coefficient (Wildman–Crippen LogP) is 6.72. The van der Waals surface area contributed by atoms with Crippen LogP contribution in [0, 0.1) is 0 Å². The van der Waals surface area contributed by atoms with Gasteiger partial charge in [-0.2, -0.15) is 0 Å². The molecule has 3 atom stereocenters. The summed E-state index contributed by atoms with van der Waals surface area (Å²) in [7, 11) is -11.5. The molecule has 1 aromatic carbocycles. The van der Waals surface area contributed by atoms with Gasteiger partial charge >= 0.3 is 243 Å². The molecule has 1 rings (SSSR count). The normalized spacial score (nSPS) is 16.8. The van der Waals surface area contributed by atoms with Gasteiger partial charge in [0.05, 0.1) is 0 Å². The summed E-state index contributed by atoms with van der Waals surface area (Å²) in [4.78, 5) is 0. The molecule has 0 saturated heterocycles. The van der Waals surface area contributed by atoms with Gasteiger partial charge in [-0.05, 0) is 0 Å². The molecule has 0 heterocycles. The van der Waals surface area contributed by atoms with Gasteiger partial charge in [-0.1, -0.05) is 0 Å². The van der Waals surface area contributed by atoms with E-state index in [-0.39, 0.29) is 39.6 Å². The molecule has 0 aromatic heterocycles. The van der Waals surface area contributed by atoms with Gasteiger partial charge in [0.2, 0.25) is 0 Å². The van der Waals surface area contributed by atoms with E-state index in [1.807, 2.05) is 0 Å². The quantitative estimate of drug-likeness (QED) is 0.0943. The van der Waals surface area contributed by atoms with E-state index in [4.69, 9.17) is 38.4 Å². The van der Waals surface area contributed by atoms with Crippen LogP contribution in [0.15, 0.2) is 30.3 Å². The molecule has 0 amide bonds. The number of hydrogen-bond donors (Lipinski definition) is 0. The first-order chi connectivity index (χ1) is 18.9. The Morgan fingerprint density at radius 3 is 1.00 bits per heavy atom. The van der Waals surface area contributed by atoms with Gasteiger partial charge in [-0.25, -0.2) is 0 Å². The second kappa shape index (κ2) is 18.0. The second-order valence-corrected chi connectivity index (χ2v) is 20.2. The molecule has 40 heavy (non-hydrogen) atoms. The maximum absolute atomic E-state index is 13.7. The monoisotopic (exact) mass is 694 g/mol. The van der Waals surface area contributed by atoms with Crippen molar-refractivity contribution >= 4 is 41.5 Å². The Bertz CT molecular complexity index is 875. The number of rotatable bonds is 22. The van der Waals surface area contributed by atoms with Gasteiger partial charge in [0, 0.05) is 0 Å². The Hall–Kier alpha value is 0.0929. The topological polar surface area (TPSA) is 134 Å². The Labute approximate surface area is 243 Å². The molecule has 16 heteroatoms. The van der Waals surface area contributed by atoms with Gasteiger partial charge in [0.1, 0.15) is 0 Å². The van der Waals surface area contributed by atoms with Crippen molar-refractivity contribution in [2.45, 2.75) is 79.8 Å². The van der Waals surface area contributed by atoms with Crippen LogP contribution in [0.4, 0.5) is 0 Å². The first-order valence-corrected chi connectivity index (χ1v) is 22.1. The predicted molar refractivity (Wildman–Crippen MR) is 156 cm³/mol. The van der Waals surface area contributed by atoms with E-state index in [1.165, 1.54) is 20.8 Å². The Morgan fingerprint density at radius 2 is 0.775 bits per heavy atom. The van der Waals surface area contributed by atoms with Crippen molar-refractivity contribution in [3.05, 3.63) is 30.3 Å². The van der Waals surface area contributed by atoms with Crippen molar-refractivity contribution < 1.29 is 52.1 Å². The second-order valence-electron chi connectivity index (χ2n) is 8.20. The summed E-state index contributed by atoms with van der Waals surface area (Å²) in [5.41, 5.74) is 0. The Morgan fingerprint density at radius 1 is 0.525 bits per heavy atom. The fourth-order valence-corrected chi connectivity index (χ4v) is 17.5. The van der Waals surface area contributed by atoms with Crippen molar-refractivity contribution in [1.29, 1.82) is 0 Å². The van der Waals surface area contributed by atoms with Gasteiger partial charge in [-0.15, -0.1) is 0 Å². The van der Waals surface area contributed by atoms with Crippen molar-refractivity contribution in [2.24, 2.45) is 0 Å². The summed E-state index contributed by atoms with van der Waals surface area (Å²) in [5, 5.41) is 0. The van der Waals surface area contributed by atoms with Crippen molar-refractivity contribution in [2.75, 3.05) is 39.6 Å². The Balaban J connectivity index is 3.84. The molecule has 1 aromatic rings. The fraction of sp³-hybridized carbons (Fsp3) is 0.750. The summed E-state index contributed by atoms with van der Waals surface area (Å²) >= 11 is -5.09. The first-order valence-electron chi connectivity index (χ1n) is 13.6. The van der Waals surface area contributed by atoms with Crippen LogP contribution in [0.2, 0.25) is 0 Å². The van der Waals surface area contributed by atoms with Gasteiger partial charge < -0.3 is 0 Å². The average molecular weight is 693 g/mol. The van der Waals surface area contributed by atoms with E-state index in [0.717, 1.165) is 0 Å². The first kappa shape index (κ1) is 38.1. The van der Waals surface area contributed by atoms with E-state index in [1.54, 1.807) is 71.9 Å². The number of benzene rings is 1. The SMILES string of the molecule is CCOP(=O)(OCC)C(C)[O][Ge]([O]C(C)P(=O)(OCC)OCC)([O]C(C)P(=O)(OCC)OCC)[c]1ccccc1. The molecule has 0 bridgehead atoms. The molecule has 0 aliphatic carbocycles. The minimum absolute atomic E-state index is 0.0958. The van der Waals surface area contributed by atoms with Crippen LogP contribution in [0.5, 0.6) is 0 Å². The van der Waals surface area contributed by atoms with Crippen LogP contribution in [0.1, 0.15) is 62.3 Å².